The van der Waals surface area contributed by atoms with E-state index in [-0.39, 0.29) is 0 Å². The molecule has 2 rings (SSSR count). The summed E-state index contributed by atoms with van der Waals surface area (Å²) in [5, 5.41) is 0. The van der Waals surface area contributed by atoms with Gasteiger partial charge in [0.15, 0.2) is 0 Å². The molecule has 1 N–H and O–H groups in total. The number of ether oxygens (including phenoxy) is 2. The summed E-state index contributed by atoms with van der Waals surface area (Å²) in [6, 6.07) is 0. The van der Waals surface area contributed by atoms with E-state index in [1.165, 1.54) is 0 Å². The molecule has 2 heterocycles. The van der Waals surface area contributed by atoms with Crippen molar-refractivity contribution in [1.29, 1.82) is 0 Å². The molecule has 4 nitrogen and oxygen atoms in total. The highest BCUT2D eigenvalue weighted by atomic mass is 32.1. The summed E-state index contributed by atoms with van der Waals surface area (Å²) in [7, 11) is 0. The van der Waals surface area contributed by atoms with E-state index in [0.29, 0.717) is 17.9 Å². The summed E-state index contributed by atoms with van der Waals surface area (Å²) in [4.78, 5) is 7.59. The molecule has 0 fully saturated rings. The number of aromatic amines is 1. The molecule has 16 heavy (non-hydrogen) atoms. The molecular formula is C11H16N2O2S. The molecule has 0 saturated heterocycles. The fourth-order valence-electron chi connectivity index (χ4n) is 1.69. The van der Waals surface area contributed by atoms with E-state index < -0.39 is 0 Å². The Labute approximate surface area is 100 Å². The SMILES string of the molecule is CCCOCc1nc(=S)c2c([nH]1)CCOC2. The first-order valence-corrected chi connectivity index (χ1v) is 5.98. The molecule has 1 aliphatic rings. The van der Waals surface area contributed by atoms with E-state index in [0.717, 1.165) is 43.1 Å². The van der Waals surface area contributed by atoms with Crippen molar-refractivity contribution in [2.45, 2.75) is 33.0 Å². The number of H-pyrrole nitrogens is 1. The van der Waals surface area contributed by atoms with Crippen LogP contribution in [0.15, 0.2) is 0 Å². The van der Waals surface area contributed by atoms with Crippen LogP contribution in [-0.2, 0) is 29.1 Å². The molecule has 0 aliphatic carbocycles. The van der Waals surface area contributed by atoms with Crippen molar-refractivity contribution < 1.29 is 9.47 Å². The first-order chi connectivity index (χ1) is 7.81. The van der Waals surface area contributed by atoms with Crippen molar-refractivity contribution >= 4 is 12.2 Å². The zero-order valence-electron chi connectivity index (χ0n) is 9.41. The second kappa shape index (κ2) is 5.52. The maximum atomic E-state index is 5.44. The van der Waals surface area contributed by atoms with Crippen molar-refractivity contribution in [2.75, 3.05) is 13.2 Å². The molecule has 0 aromatic carbocycles. The van der Waals surface area contributed by atoms with Gasteiger partial charge in [-0.25, -0.2) is 4.98 Å². The summed E-state index contributed by atoms with van der Waals surface area (Å²) in [5.41, 5.74) is 2.18. The zero-order valence-corrected chi connectivity index (χ0v) is 10.2. The van der Waals surface area contributed by atoms with Crippen molar-refractivity contribution in [3.63, 3.8) is 0 Å². The molecule has 0 saturated carbocycles. The van der Waals surface area contributed by atoms with Gasteiger partial charge in [0.05, 0.1) is 13.2 Å². The lowest BCUT2D eigenvalue weighted by Crippen LogP contribution is -2.15. The van der Waals surface area contributed by atoms with Crippen LogP contribution in [0.2, 0.25) is 0 Å². The molecule has 0 unspecified atom stereocenters. The minimum absolute atomic E-state index is 0.506. The van der Waals surface area contributed by atoms with Crippen LogP contribution in [0.25, 0.3) is 0 Å². The Morgan fingerprint density at radius 3 is 3.25 bits per heavy atom. The Kier molecular flexibility index (Phi) is 4.04. The van der Waals surface area contributed by atoms with Gasteiger partial charge in [-0.1, -0.05) is 19.1 Å². The van der Waals surface area contributed by atoms with Crippen molar-refractivity contribution in [1.82, 2.24) is 9.97 Å². The number of hydrogen-bond donors (Lipinski definition) is 1. The maximum absolute atomic E-state index is 5.44. The van der Waals surface area contributed by atoms with Gasteiger partial charge in [-0.3, -0.25) is 0 Å². The minimum Gasteiger partial charge on any atom is -0.376 e. The van der Waals surface area contributed by atoms with Crippen LogP contribution >= 0.6 is 12.2 Å². The third kappa shape index (κ3) is 2.66. The van der Waals surface area contributed by atoms with Crippen molar-refractivity contribution in [2.24, 2.45) is 0 Å². The molecular weight excluding hydrogens is 224 g/mol. The summed E-state index contributed by atoms with van der Waals surface area (Å²) in [6.45, 7) is 4.67. The standard InChI is InChI=1S/C11H16N2O2S/c1-2-4-14-7-10-12-9-3-5-15-6-8(9)11(16)13-10/h2-7H2,1H3,(H,12,13,16). The highest BCUT2D eigenvalue weighted by molar-refractivity contribution is 7.71. The van der Waals surface area contributed by atoms with Crippen LogP contribution in [0.4, 0.5) is 0 Å². The third-order valence-corrected chi connectivity index (χ3v) is 2.82. The van der Waals surface area contributed by atoms with Gasteiger partial charge in [0.2, 0.25) is 0 Å². The smallest absolute Gasteiger partial charge is 0.135 e. The normalized spacial score (nSPS) is 14.8. The van der Waals surface area contributed by atoms with E-state index in [1.807, 2.05) is 0 Å². The van der Waals surface area contributed by atoms with Crippen LogP contribution in [0.3, 0.4) is 0 Å². The molecule has 0 bridgehead atoms. The Morgan fingerprint density at radius 1 is 1.56 bits per heavy atom. The Bertz CT molecular complexity index is 417. The van der Waals surface area contributed by atoms with E-state index in [4.69, 9.17) is 21.7 Å². The fraction of sp³-hybridized carbons (Fsp3) is 0.636. The van der Waals surface area contributed by atoms with Gasteiger partial charge >= 0.3 is 0 Å². The molecule has 5 heteroatoms. The molecule has 1 aliphatic heterocycles. The summed E-state index contributed by atoms with van der Waals surface area (Å²) in [6.07, 6.45) is 1.89. The van der Waals surface area contributed by atoms with Crippen molar-refractivity contribution in [3.05, 3.63) is 21.7 Å². The van der Waals surface area contributed by atoms with Gasteiger partial charge in [0.25, 0.3) is 0 Å². The lowest BCUT2D eigenvalue weighted by Gasteiger charge is -2.17. The summed E-state index contributed by atoms with van der Waals surface area (Å²) < 4.78 is 11.4. The zero-order chi connectivity index (χ0) is 11.4. The van der Waals surface area contributed by atoms with Crippen LogP contribution in [0.1, 0.15) is 30.4 Å². The Morgan fingerprint density at radius 2 is 2.44 bits per heavy atom. The van der Waals surface area contributed by atoms with Gasteiger partial charge in [-0.05, 0) is 6.42 Å². The number of nitrogens with one attached hydrogen (secondary N) is 1. The lowest BCUT2D eigenvalue weighted by molar-refractivity contribution is 0.104. The predicted molar refractivity (Wildman–Crippen MR) is 62.7 cm³/mol. The third-order valence-electron chi connectivity index (χ3n) is 2.48. The number of rotatable bonds is 4. The highest BCUT2D eigenvalue weighted by Crippen LogP contribution is 2.15. The molecule has 1 aromatic rings. The van der Waals surface area contributed by atoms with Crippen LogP contribution in [0.5, 0.6) is 0 Å². The van der Waals surface area contributed by atoms with Gasteiger partial charge in [0, 0.05) is 24.3 Å². The number of aromatic nitrogens is 2. The second-order valence-electron chi connectivity index (χ2n) is 3.80. The molecule has 0 atom stereocenters. The predicted octanol–water partition coefficient (Wildman–Crippen LogP) is 2.14. The first-order valence-electron chi connectivity index (χ1n) is 5.57. The summed E-state index contributed by atoms with van der Waals surface area (Å²) in [5.74, 6) is 0.819. The molecule has 88 valence electrons. The van der Waals surface area contributed by atoms with Crippen molar-refractivity contribution in [3.8, 4) is 0 Å². The van der Waals surface area contributed by atoms with E-state index >= 15 is 0 Å². The minimum atomic E-state index is 0.506. The topological polar surface area (TPSA) is 47.1 Å². The van der Waals surface area contributed by atoms with E-state index in [1.54, 1.807) is 0 Å². The average Bonchev–Trinajstić information content (AvgIpc) is 2.30. The number of fused-ring (bicyclic) bond motifs is 1. The number of hydrogen-bond acceptors (Lipinski definition) is 4. The highest BCUT2D eigenvalue weighted by Gasteiger charge is 2.13. The molecule has 0 amide bonds. The van der Waals surface area contributed by atoms with Gasteiger partial charge in [-0.15, -0.1) is 0 Å². The van der Waals surface area contributed by atoms with E-state index in [9.17, 15) is 0 Å². The summed E-state index contributed by atoms with van der Waals surface area (Å²) >= 11 is 5.24. The largest absolute Gasteiger partial charge is 0.376 e. The van der Waals surface area contributed by atoms with Gasteiger partial charge in [-0.2, -0.15) is 0 Å². The monoisotopic (exact) mass is 240 g/mol. The maximum Gasteiger partial charge on any atom is 0.135 e. The molecule has 0 spiro atoms. The van der Waals surface area contributed by atoms with Gasteiger partial charge in [0.1, 0.15) is 17.1 Å². The van der Waals surface area contributed by atoms with Crippen LogP contribution < -0.4 is 0 Å². The Hall–Kier alpha value is -0.780. The molecule has 1 aromatic heterocycles. The van der Waals surface area contributed by atoms with Crippen LogP contribution in [-0.4, -0.2) is 23.2 Å². The lowest BCUT2D eigenvalue weighted by atomic mass is 10.1. The Balaban J connectivity index is 2.15. The fourth-order valence-corrected chi connectivity index (χ4v) is 1.98. The second-order valence-corrected chi connectivity index (χ2v) is 4.19. The molecule has 0 radical (unpaired) electrons. The van der Waals surface area contributed by atoms with Crippen LogP contribution in [0, 0.1) is 4.64 Å². The average molecular weight is 240 g/mol. The number of nitrogens with zero attached hydrogens (tertiary/aromatic N) is 1. The quantitative estimate of drug-likeness (QED) is 0.647. The van der Waals surface area contributed by atoms with E-state index in [2.05, 4.69) is 16.9 Å². The van der Waals surface area contributed by atoms with Gasteiger partial charge < -0.3 is 14.5 Å². The first kappa shape index (κ1) is 11.7.